The predicted octanol–water partition coefficient (Wildman–Crippen LogP) is 4.78. The van der Waals surface area contributed by atoms with Crippen LogP contribution >= 0.6 is 23.4 Å². The van der Waals surface area contributed by atoms with Gasteiger partial charge in [0.25, 0.3) is 0 Å². The lowest BCUT2D eigenvalue weighted by Crippen LogP contribution is -2.03. The third-order valence-electron chi connectivity index (χ3n) is 3.41. The number of hydrogen-bond donors (Lipinski definition) is 1. The molecule has 1 heterocycles. The van der Waals surface area contributed by atoms with Gasteiger partial charge in [0.15, 0.2) is 0 Å². The monoisotopic (exact) mass is 305 g/mol. The zero-order valence-corrected chi connectivity index (χ0v) is 13.1. The van der Waals surface area contributed by atoms with Crippen LogP contribution in [-0.2, 0) is 0 Å². The van der Waals surface area contributed by atoms with Crippen molar-refractivity contribution in [2.75, 3.05) is 11.6 Å². The molecule has 0 radical (unpaired) electrons. The Kier molecular flexibility index (Phi) is 3.85. The molecule has 0 aliphatic heterocycles. The number of nitrogens with zero attached hydrogens (tertiary/aromatic N) is 2. The summed E-state index contributed by atoms with van der Waals surface area (Å²) in [5, 5.41) is 3.95. The zero-order chi connectivity index (χ0) is 14.1. The van der Waals surface area contributed by atoms with Gasteiger partial charge in [-0.15, -0.1) is 11.8 Å². The van der Waals surface area contributed by atoms with Gasteiger partial charge < -0.3 is 5.32 Å². The minimum atomic E-state index is 0.490. The van der Waals surface area contributed by atoms with Crippen LogP contribution in [0, 0.1) is 6.92 Å². The van der Waals surface area contributed by atoms with Crippen molar-refractivity contribution in [1.29, 1.82) is 0 Å². The lowest BCUT2D eigenvalue weighted by molar-refractivity contribution is 0.921. The molecule has 1 aliphatic rings. The molecule has 1 N–H and O–H groups in total. The van der Waals surface area contributed by atoms with Gasteiger partial charge in [-0.3, -0.25) is 0 Å². The molecule has 3 nitrogen and oxygen atoms in total. The van der Waals surface area contributed by atoms with E-state index in [1.54, 1.807) is 11.8 Å². The van der Waals surface area contributed by atoms with Crippen molar-refractivity contribution in [3.63, 3.8) is 0 Å². The molecule has 0 spiro atoms. The molecule has 1 aromatic carbocycles. The van der Waals surface area contributed by atoms with Gasteiger partial charge in [-0.25, -0.2) is 9.97 Å². The largest absolute Gasteiger partial charge is 0.339 e. The van der Waals surface area contributed by atoms with Crippen LogP contribution in [0.5, 0.6) is 0 Å². The average molecular weight is 306 g/mol. The molecule has 5 heteroatoms. The molecule has 0 saturated heterocycles. The van der Waals surface area contributed by atoms with E-state index in [2.05, 4.69) is 33.7 Å². The van der Waals surface area contributed by atoms with Crippen LogP contribution in [0.3, 0.4) is 0 Å². The second-order valence-corrected chi connectivity index (χ2v) is 6.15. The summed E-state index contributed by atoms with van der Waals surface area (Å²) < 4.78 is 0. The Morgan fingerprint density at radius 3 is 2.70 bits per heavy atom. The van der Waals surface area contributed by atoms with Crippen LogP contribution in [0.2, 0.25) is 5.15 Å². The summed E-state index contributed by atoms with van der Waals surface area (Å²) in [5.41, 5.74) is 1.95. The van der Waals surface area contributed by atoms with Gasteiger partial charge in [-0.1, -0.05) is 23.7 Å². The number of para-hydroxylation sites is 1. The van der Waals surface area contributed by atoms with Gasteiger partial charge in [0, 0.05) is 16.4 Å². The quantitative estimate of drug-likeness (QED) is 0.651. The molecule has 104 valence electrons. The minimum absolute atomic E-state index is 0.490. The van der Waals surface area contributed by atoms with Crippen molar-refractivity contribution in [3.8, 4) is 0 Å². The normalized spacial score (nSPS) is 14.3. The van der Waals surface area contributed by atoms with Crippen molar-refractivity contribution >= 4 is 34.9 Å². The van der Waals surface area contributed by atoms with E-state index >= 15 is 0 Å². The van der Waals surface area contributed by atoms with Crippen LogP contribution < -0.4 is 5.32 Å². The molecule has 1 saturated carbocycles. The first kappa shape index (κ1) is 13.7. The molecule has 20 heavy (non-hydrogen) atoms. The minimum Gasteiger partial charge on any atom is -0.339 e. The Balaban J connectivity index is 1.97. The number of nitrogens with one attached hydrogen (secondary N) is 1. The smallest absolute Gasteiger partial charge is 0.138 e. The highest BCUT2D eigenvalue weighted by Gasteiger charge is 2.28. The molecular weight excluding hydrogens is 290 g/mol. The number of hydrogen-bond acceptors (Lipinski definition) is 4. The fraction of sp³-hybridized carbons (Fsp3) is 0.333. The van der Waals surface area contributed by atoms with Crippen molar-refractivity contribution in [1.82, 2.24) is 9.97 Å². The summed E-state index contributed by atoms with van der Waals surface area (Å²) in [6.07, 6.45) is 4.40. The fourth-order valence-electron chi connectivity index (χ4n) is 2.03. The number of halogens is 1. The highest BCUT2D eigenvalue weighted by atomic mass is 35.5. The van der Waals surface area contributed by atoms with E-state index in [1.807, 2.05) is 19.1 Å². The molecule has 1 fully saturated rings. The molecule has 0 unspecified atom stereocenters. The van der Waals surface area contributed by atoms with Crippen LogP contribution in [-0.4, -0.2) is 16.2 Å². The highest BCUT2D eigenvalue weighted by molar-refractivity contribution is 7.98. The molecule has 0 bridgehead atoms. The number of benzene rings is 1. The van der Waals surface area contributed by atoms with Crippen LogP contribution in [0.15, 0.2) is 29.2 Å². The summed E-state index contributed by atoms with van der Waals surface area (Å²) in [4.78, 5) is 10.2. The van der Waals surface area contributed by atoms with Crippen molar-refractivity contribution < 1.29 is 0 Å². The van der Waals surface area contributed by atoms with E-state index < -0.39 is 0 Å². The molecule has 1 aliphatic carbocycles. The molecule has 0 amide bonds. The third kappa shape index (κ3) is 2.76. The van der Waals surface area contributed by atoms with E-state index in [-0.39, 0.29) is 0 Å². The van der Waals surface area contributed by atoms with Gasteiger partial charge in [0.2, 0.25) is 0 Å². The van der Waals surface area contributed by atoms with Crippen molar-refractivity contribution in [3.05, 3.63) is 40.8 Å². The topological polar surface area (TPSA) is 37.8 Å². The summed E-state index contributed by atoms with van der Waals surface area (Å²) >= 11 is 7.94. The van der Waals surface area contributed by atoms with Crippen molar-refractivity contribution in [2.45, 2.75) is 30.6 Å². The lowest BCUT2D eigenvalue weighted by Gasteiger charge is -2.13. The van der Waals surface area contributed by atoms with Gasteiger partial charge in [0.1, 0.15) is 16.8 Å². The number of thioether (sulfide) groups is 1. The maximum Gasteiger partial charge on any atom is 0.138 e. The zero-order valence-electron chi connectivity index (χ0n) is 11.5. The first-order valence-electron chi connectivity index (χ1n) is 6.63. The maximum absolute atomic E-state index is 6.23. The first-order chi connectivity index (χ1) is 9.69. The summed E-state index contributed by atoms with van der Waals surface area (Å²) in [6.45, 7) is 1.95. The van der Waals surface area contributed by atoms with E-state index in [9.17, 15) is 0 Å². The van der Waals surface area contributed by atoms with Crippen LogP contribution in [0.1, 0.15) is 30.1 Å². The summed E-state index contributed by atoms with van der Waals surface area (Å²) in [5.74, 6) is 2.17. The molecule has 0 atom stereocenters. The molecule has 3 rings (SSSR count). The van der Waals surface area contributed by atoms with Crippen LogP contribution in [0.25, 0.3) is 0 Å². The van der Waals surface area contributed by atoms with E-state index in [0.29, 0.717) is 11.1 Å². The van der Waals surface area contributed by atoms with Crippen molar-refractivity contribution in [2.24, 2.45) is 0 Å². The van der Waals surface area contributed by atoms with E-state index in [1.165, 1.54) is 17.7 Å². The second-order valence-electron chi connectivity index (χ2n) is 4.95. The van der Waals surface area contributed by atoms with E-state index in [4.69, 9.17) is 11.6 Å². The third-order valence-corrected chi connectivity index (χ3v) is 4.57. The maximum atomic E-state index is 6.23. The predicted molar refractivity (Wildman–Crippen MR) is 85.3 cm³/mol. The Morgan fingerprint density at radius 2 is 2.00 bits per heavy atom. The summed E-state index contributed by atoms with van der Waals surface area (Å²) in [7, 11) is 0. The first-order valence-corrected chi connectivity index (χ1v) is 8.23. The fourth-order valence-corrected chi connectivity index (χ4v) is 2.76. The molecule has 1 aromatic heterocycles. The Hall–Kier alpha value is -1.26. The SMILES string of the molecule is CSc1ccccc1Nc1nc(C2CC2)nc(Cl)c1C. The lowest BCUT2D eigenvalue weighted by atomic mass is 10.2. The second kappa shape index (κ2) is 5.62. The summed E-state index contributed by atoms with van der Waals surface area (Å²) in [6, 6.07) is 8.19. The number of anilines is 2. The van der Waals surface area contributed by atoms with Gasteiger partial charge >= 0.3 is 0 Å². The molecule has 2 aromatic rings. The van der Waals surface area contributed by atoms with Gasteiger partial charge in [-0.2, -0.15) is 0 Å². The molecular formula is C15H16ClN3S. The van der Waals surface area contributed by atoms with Crippen LogP contribution in [0.4, 0.5) is 11.5 Å². The number of aromatic nitrogens is 2. The van der Waals surface area contributed by atoms with E-state index in [0.717, 1.165) is 22.9 Å². The number of rotatable bonds is 4. The van der Waals surface area contributed by atoms with Gasteiger partial charge in [-0.05, 0) is 38.2 Å². The Bertz CT molecular complexity index is 641. The van der Waals surface area contributed by atoms with Gasteiger partial charge in [0.05, 0.1) is 5.69 Å². The average Bonchev–Trinajstić information content (AvgIpc) is 3.28. The Labute approximate surface area is 128 Å². The Morgan fingerprint density at radius 1 is 1.25 bits per heavy atom. The highest BCUT2D eigenvalue weighted by Crippen LogP contribution is 2.40. The standard InChI is InChI=1S/C15H16ClN3S/c1-9-13(16)18-15(10-7-8-10)19-14(9)17-11-5-3-4-6-12(11)20-2/h3-6,10H,7-8H2,1-2H3,(H,17,18,19).